The molecule has 1 unspecified atom stereocenters. The molecule has 4 heteroatoms. The summed E-state index contributed by atoms with van der Waals surface area (Å²) in [6.07, 6.45) is 4.27. The number of hydrogen-bond acceptors (Lipinski definition) is 3. The Morgan fingerprint density at radius 3 is 2.90 bits per heavy atom. The Morgan fingerprint density at radius 2 is 2.14 bits per heavy atom. The van der Waals surface area contributed by atoms with Gasteiger partial charge < -0.3 is 10.2 Å². The third-order valence-electron chi connectivity index (χ3n) is 3.93. The number of halogens is 1. The molecule has 2 rings (SSSR count). The molecule has 1 aromatic carbocycles. The Bertz CT molecular complexity index is 519. The van der Waals surface area contributed by atoms with Crippen LogP contribution in [0.1, 0.15) is 36.8 Å². The molecule has 1 fully saturated rings. The van der Waals surface area contributed by atoms with Gasteiger partial charge in [-0.15, -0.1) is 0 Å². The number of rotatable bonds is 4. The summed E-state index contributed by atoms with van der Waals surface area (Å²) in [4.78, 5) is 2.36. The monoisotopic (exact) mass is 291 g/mol. The zero-order chi connectivity index (χ0) is 15.1. The zero-order valence-corrected chi connectivity index (χ0v) is 12.2. The summed E-state index contributed by atoms with van der Waals surface area (Å²) in [6, 6.07) is 5.37. The second-order valence-corrected chi connectivity index (χ2v) is 5.41. The number of benzene rings is 1. The number of nitrogens with zero attached hydrogens (tertiary/aromatic N) is 1. The molecule has 1 aromatic rings. The molecule has 0 aromatic heterocycles. The van der Waals surface area contributed by atoms with Crippen molar-refractivity contribution in [1.82, 2.24) is 4.90 Å². The van der Waals surface area contributed by atoms with Gasteiger partial charge in [-0.1, -0.05) is 24.3 Å². The van der Waals surface area contributed by atoms with Gasteiger partial charge in [-0.05, 0) is 43.5 Å². The summed E-state index contributed by atoms with van der Waals surface area (Å²) < 4.78 is 13.6. The van der Waals surface area contributed by atoms with Crippen molar-refractivity contribution in [3.63, 3.8) is 0 Å². The predicted molar refractivity (Wildman–Crippen MR) is 80.1 cm³/mol. The van der Waals surface area contributed by atoms with E-state index in [1.54, 1.807) is 12.1 Å². The van der Waals surface area contributed by atoms with Gasteiger partial charge >= 0.3 is 0 Å². The molecule has 0 spiro atoms. The molecular formula is C17H22FNO2. The van der Waals surface area contributed by atoms with Crippen LogP contribution in [0.5, 0.6) is 0 Å². The van der Waals surface area contributed by atoms with E-state index in [1.165, 1.54) is 18.9 Å². The molecule has 114 valence electrons. The van der Waals surface area contributed by atoms with E-state index in [0.29, 0.717) is 11.6 Å². The summed E-state index contributed by atoms with van der Waals surface area (Å²) >= 11 is 0. The molecule has 21 heavy (non-hydrogen) atoms. The van der Waals surface area contributed by atoms with Crippen molar-refractivity contribution in [1.29, 1.82) is 0 Å². The molecule has 0 aliphatic carbocycles. The van der Waals surface area contributed by atoms with Gasteiger partial charge in [0.05, 0.1) is 5.56 Å². The fourth-order valence-corrected chi connectivity index (χ4v) is 2.88. The van der Waals surface area contributed by atoms with E-state index in [2.05, 4.69) is 16.7 Å². The number of likely N-dealkylation sites (tertiary alicyclic amines) is 1. The highest BCUT2D eigenvalue weighted by atomic mass is 19.1. The molecule has 1 aliphatic rings. The van der Waals surface area contributed by atoms with Crippen LogP contribution in [0.2, 0.25) is 0 Å². The minimum atomic E-state index is -0.356. The molecule has 1 saturated heterocycles. The lowest BCUT2D eigenvalue weighted by Gasteiger charge is -2.35. The van der Waals surface area contributed by atoms with Gasteiger partial charge in [-0.25, -0.2) is 4.39 Å². The third kappa shape index (κ3) is 4.53. The first-order chi connectivity index (χ1) is 10.2. The molecule has 0 radical (unpaired) electrons. The number of aliphatic hydroxyl groups excluding tert-OH is 2. The largest absolute Gasteiger partial charge is 0.396 e. The Labute approximate surface area is 125 Å². The lowest BCUT2D eigenvalue weighted by atomic mass is 9.98. The molecular weight excluding hydrogens is 269 g/mol. The van der Waals surface area contributed by atoms with Crippen LogP contribution < -0.4 is 0 Å². The number of piperidine rings is 1. The van der Waals surface area contributed by atoms with Crippen molar-refractivity contribution < 1.29 is 14.6 Å². The maximum Gasteiger partial charge on any atom is 0.138 e. The fourth-order valence-electron chi connectivity index (χ4n) is 2.88. The van der Waals surface area contributed by atoms with Crippen LogP contribution >= 0.6 is 0 Å². The van der Waals surface area contributed by atoms with Crippen molar-refractivity contribution in [2.75, 3.05) is 19.8 Å². The van der Waals surface area contributed by atoms with Crippen molar-refractivity contribution in [3.05, 3.63) is 35.1 Å². The van der Waals surface area contributed by atoms with Crippen molar-refractivity contribution in [2.24, 2.45) is 0 Å². The van der Waals surface area contributed by atoms with Crippen molar-refractivity contribution in [3.8, 4) is 11.8 Å². The smallest absolute Gasteiger partial charge is 0.138 e. The van der Waals surface area contributed by atoms with Gasteiger partial charge in [-0.2, -0.15) is 0 Å². The van der Waals surface area contributed by atoms with Gasteiger partial charge in [-0.3, -0.25) is 4.90 Å². The van der Waals surface area contributed by atoms with Crippen LogP contribution in [0.25, 0.3) is 0 Å². The molecule has 0 amide bonds. The molecule has 1 aliphatic heterocycles. The first-order valence-electron chi connectivity index (χ1n) is 7.47. The summed E-state index contributed by atoms with van der Waals surface area (Å²) in [7, 11) is 0. The van der Waals surface area contributed by atoms with Crippen LogP contribution in [-0.4, -0.2) is 40.9 Å². The second-order valence-electron chi connectivity index (χ2n) is 5.41. The molecule has 0 saturated carbocycles. The quantitative estimate of drug-likeness (QED) is 0.833. The Morgan fingerprint density at radius 1 is 1.29 bits per heavy atom. The Kier molecular flexibility index (Phi) is 6.19. The molecule has 1 atom stereocenters. The topological polar surface area (TPSA) is 43.7 Å². The van der Waals surface area contributed by atoms with E-state index in [9.17, 15) is 4.39 Å². The summed E-state index contributed by atoms with van der Waals surface area (Å²) in [5.41, 5.74) is 1.35. The highest BCUT2D eigenvalue weighted by molar-refractivity contribution is 5.38. The van der Waals surface area contributed by atoms with Gasteiger partial charge in [0.15, 0.2) is 0 Å². The van der Waals surface area contributed by atoms with Gasteiger partial charge in [0, 0.05) is 19.2 Å². The summed E-state index contributed by atoms with van der Waals surface area (Å²) in [5, 5.41) is 17.9. The van der Waals surface area contributed by atoms with Gasteiger partial charge in [0.2, 0.25) is 0 Å². The predicted octanol–water partition coefficient (Wildman–Crippen LogP) is 1.91. The average Bonchev–Trinajstić information content (AvgIpc) is 2.50. The minimum Gasteiger partial charge on any atom is -0.396 e. The number of aliphatic hydroxyl groups is 2. The van der Waals surface area contributed by atoms with Crippen LogP contribution in [0.3, 0.4) is 0 Å². The SMILES string of the molecule is OCC#Cc1cc(CN2CCCCC2CCO)ccc1F. The summed E-state index contributed by atoms with van der Waals surface area (Å²) in [6.45, 7) is 1.70. The second kappa shape index (κ2) is 8.14. The van der Waals surface area contributed by atoms with Crippen LogP contribution in [0, 0.1) is 17.7 Å². The van der Waals surface area contributed by atoms with E-state index in [4.69, 9.17) is 10.2 Å². The van der Waals surface area contributed by atoms with Gasteiger partial charge in [0.1, 0.15) is 12.4 Å². The van der Waals surface area contributed by atoms with E-state index in [-0.39, 0.29) is 19.0 Å². The highest BCUT2D eigenvalue weighted by Gasteiger charge is 2.21. The molecule has 1 heterocycles. The van der Waals surface area contributed by atoms with E-state index < -0.39 is 0 Å². The minimum absolute atomic E-state index is 0.206. The third-order valence-corrected chi connectivity index (χ3v) is 3.93. The standard InChI is InChI=1S/C17H22FNO2/c18-17-7-6-14(12-15(17)4-3-10-20)13-19-9-2-1-5-16(19)8-11-21/h6-7,12,16,20-21H,1-2,5,8-11,13H2. The molecule has 3 nitrogen and oxygen atoms in total. The summed E-state index contributed by atoms with van der Waals surface area (Å²) in [5.74, 6) is 4.77. The highest BCUT2D eigenvalue weighted by Crippen LogP contribution is 2.22. The normalized spacial score (nSPS) is 19.1. The van der Waals surface area contributed by atoms with Crippen LogP contribution in [-0.2, 0) is 6.54 Å². The lowest BCUT2D eigenvalue weighted by Crippen LogP contribution is -2.39. The zero-order valence-electron chi connectivity index (χ0n) is 12.2. The van der Waals surface area contributed by atoms with Crippen LogP contribution in [0.4, 0.5) is 4.39 Å². The van der Waals surface area contributed by atoms with E-state index in [0.717, 1.165) is 31.5 Å². The maximum atomic E-state index is 13.6. The average molecular weight is 291 g/mol. The van der Waals surface area contributed by atoms with Crippen molar-refractivity contribution >= 4 is 0 Å². The first kappa shape index (κ1) is 16.0. The van der Waals surface area contributed by atoms with E-state index in [1.807, 2.05) is 0 Å². The van der Waals surface area contributed by atoms with E-state index >= 15 is 0 Å². The first-order valence-corrected chi connectivity index (χ1v) is 7.47. The maximum absolute atomic E-state index is 13.6. The lowest BCUT2D eigenvalue weighted by molar-refractivity contribution is 0.112. The van der Waals surface area contributed by atoms with Crippen molar-refractivity contribution in [2.45, 2.75) is 38.3 Å². The fraction of sp³-hybridized carbons (Fsp3) is 0.529. The van der Waals surface area contributed by atoms with Gasteiger partial charge in [0.25, 0.3) is 0 Å². The number of hydrogen-bond donors (Lipinski definition) is 2. The Balaban J connectivity index is 2.10. The molecule has 2 N–H and O–H groups in total. The Hall–Kier alpha value is -1.41. The molecule has 0 bridgehead atoms. The van der Waals surface area contributed by atoms with Crippen LogP contribution in [0.15, 0.2) is 18.2 Å².